The monoisotopic (exact) mass is 359 g/mol. The van der Waals surface area contributed by atoms with Crippen LogP contribution in [0.15, 0.2) is 35.8 Å². The van der Waals surface area contributed by atoms with Crippen LogP contribution in [0.4, 0.5) is 0 Å². The molecule has 0 aliphatic carbocycles. The lowest BCUT2D eigenvalue weighted by Crippen LogP contribution is -2.63. The molecule has 1 unspecified atom stereocenters. The summed E-state index contributed by atoms with van der Waals surface area (Å²) in [6, 6.07) is 3.61. The molecule has 3 heterocycles. The van der Waals surface area contributed by atoms with Gasteiger partial charge in [0, 0.05) is 31.4 Å². The Morgan fingerprint density at radius 1 is 1.35 bits per heavy atom. The number of β-lactam (4-membered cyclic amide) rings is 1. The first-order valence-corrected chi connectivity index (χ1v) is 8.95. The van der Waals surface area contributed by atoms with E-state index in [9.17, 15) is 19.8 Å². The van der Waals surface area contributed by atoms with Crippen LogP contribution in [0.5, 0.6) is 0 Å². The largest absolute Gasteiger partial charge is 0.477 e. The van der Waals surface area contributed by atoms with Gasteiger partial charge in [-0.2, -0.15) is 0 Å². The van der Waals surface area contributed by atoms with E-state index in [1.54, 1.807) is 19.3 Å². The third-order valence-corrected chi connectivity index (χ3v) is 5.51. The van der Waals surface area contributed by atoms with E-state index in [4.69, 9.17) is 0 Å². The van der Waals surface area contributed by atoms with E-state index in [-0.39, 0.29) is 23.6 Å². The Morgan fingerprint density at radius 2 is 2.00 bits per heavy atom. The number of carboxylic acid groups (broad SMARTS) is 1. The quantitative estimate of drug-likeness (QED) is 0.708. The van der Waals surface area contributed by atoms with Crippen molar-refractivity contribution in [2.24, 2.45) is 11.8 Å². The van der Waals surface area contributed by atoms with E-state index >= 15 is 0 Å². The van der Waals surface area contributed by atoms with Crippen molar-refractivity contribution in [1.82, 2.24) is 14.8 Å². The molecule has 2 aliphatic rings. The normalized spacial score (nSPS) is 26.1. The van der Waals surface area contributed by atoms with E-state index < -0.39 is 18.0 Å². The number of carboxylic acids is 1. The molecule has 0 spiro atoms. The number of carbonyl (C=O) groups excluding carboxylic acids is 1. The third-order valence-electron chi connectivity index (χ3n) is 5.51. The van der Waals surface area contributed by atoms with E-state index in [2.05, 4.69) is 9.88 Å². The maximum atomic E-state index is 12.4. The fourth-order valence-electron chi connectivity index (χ4n) is 4.12. The zero-order valence-corrected chi connectivity index (χ0v) is 15.3. The Balaban J connectivity index is 1.85. The van der Waals surface area contributed by atoms with Crippen molar-refractivity contribution in [3.63, 3.8) is 0 Å². The van der Waals surface area contributed by atoms with Crippen LogP contribution < -0.4 is 0 Å². The highest BCUT2D eigenvalue weighted by Crippen LogP contribution is 2.47. The van der Waals surface area contributed by atoms with Crippen LogP contribution in [0.25, 0.3) is 0 Å². The van der Waals surface area contributed by atoms with Gasteiger partial charge in [0.15, 0.2) is 0 Å². The van der Waals surface area contributed by atoms with Gasteiger partial charge in [0.1, 0.15) is 5.70 Å². The van der Waals surface area contributed by atoms with Gasteiger partial charge in [-0.25, -0.2) is 4.79 Å². The summed E-state index contributed by atoms with van der Waals surface area (Å²) in [5.74, 6) is -1.98. The van der Waals surface area contributed by atoms with Crippen LogP contribution in [-0.4, -0.2) is 62.1 Å². The molecule has 4 atom stereocenters. The first-order valence-electron chi connectivity index (χ1n) is 8.95. The molecule has 26 heavy (non-hydrogen) atoms. The molecule has 0 aromatic carbocycles. The molecular formula is C19H25N3O4. The molecule has 3 rings (SSSR count). The number of aliphatic hydroxyl groups is 1. The first-order chi connectivity index (χ1) is 12.4. The van der Waals surface area contributed by atoms with Crippen molar-refractivity contribution in [1.29, 1.82) is 0 Å². The number of aromatic nitrogens is 1. The summed E-state index contributed by atoms with van der Waals surface area (Å²) in [5, 5.41) is 19.6. The van der Waals surface area contributed by atoms with Gasteiger partial charge in [-0.05, 0) is 36.7 Å². The summed E-state index contributed by atoms with van der Waals surface area (Å²) in [5.41, 5.74) is 1.96. The fourth-order valence-corrected chi connectivity index (χ4v) is 4.12. The van der Waals surface area contributed by atoms with Gasteiger partial charge in [0.2, 0.25) is 5.91 Å². The number of likely N-dealkylation sites (N-methyl/N-ethyl adjacent to an activating group) is 1. The Hall–Kier alpha value is -2.25. The number of amides is 1. The molecule has 7 heteroatoms. The van der Waals surface area contributed by atoms with Gasteiger partial charge in [-0.1, -0.05) is 13.8 Å². The molecule has 1 saturated heterocycles. The van der Waals surface area contributed by atoms with E-state index in [0.29, 0.717) is 13.1 Å². The zero-order chi connectivity index (χ0) is 19.0. The second-order valence-corrected chi connectivity index (χ2v) is 7.09. The number of carbonyl (C=O) groups is 2. The summed E-state index contributed by atoms with van der Waals surface area (Å²) in [4.78, 5) is 31.8. The van der Waals surface area contributed by atoms with Crippen LogP contribution in [0.1, 0.15) is 26.3 Å². The summed E-state index contributed by atoms with van der Waals surface area (Å²) >= 11 is 0. The number of nitrogens with zero attached hydrogens (tertiary/aromatic N) is 3. The molecule has 1 aromatic heterocycles. The number of hydrogen-bond donors (Lipinski definition) is 2. The van der Waals surface area contributed by atoms with Crippen LogP contribution in [-0.2, 0) is 16.1 Å². The number of aliphatic hydroxyl groups excluding tert-OH is 1. The topological polar surface area (TPSA) is 94.0 Å². The Labute approximate surface area is 152 Å². The number of pyridine rings is 1. The average Bonchev–Trinajstić information content (AvgIpc) is 2.84. The predicted octanol–water partition coefficient (Wildman–Crippen LogP) is 1.10. The molecule has 2 N–H and O–H groups in total. The lowest BCUT2D eigenvalue weighted by atomic mass is 9.77. The third kappa shape index (κ3) is 3.01. The standard InChI is InChI=1S/C19H25N3O4/c1-4-21(9-13-5-7-20-8-6-13)10-14-11(2)16-15(12(3)23)18(24)22(16)17(14)19(25)26/h5-8,11-12,15-16,23H,4,9-10H2,1-3H3,(H,25,26)/t11-,12+,15+,16?/m0/s1. The van der Waals surface area contributed by atoms with E-state index in [1.165, 1.54) is 4.90 Å². The summed E-state index contributed by atoms with van der Waals surface area (Å²) in [6.45, 7) is 7.48. The highest BCUT2D eigenvalue weighted by Gasteiger charge is 2.59. The van der Waals surface area contributed by atoms with Gasteiger partial charge in [-0.15, -0.1) is 0 Å². The van der Waals surface area contributed by atoms with Gasteiger partial charge < -0.3 is 15.1 Å². The summed E-state index contributed by atoms with van der Waals surface area (Å²) < 4.78 is 0. The number of aliphatic carboxylic acids is 1. The van der Waals surface area contributed by atoms with Crippen molar-refractivity contribution in [3.8, 4) is 0 Å². The van der Waals surface area contributed by atoms with Crippen LogP contribution >= 0.6 is 0 Å². The number of rotatable bonds is 7. The minimum absolute atomic E-state index is 0.0927. The Bertz CT molecular complexity index is 732. The van der Waals surface area contributed by atoms with Crippen molar-refractivity contribution < 1.29 is 19.8 Å². The van der Waals surface area contributed by atoms with Crippen molar-refractivity contribution in [3.05, 3.63) is 41.4 Å². The van der Waals surface area contributed by atoms with Crippen molar-refractivity contribution in [2.45, 2.75) is 39.5 Å². The number of hydrogen-bond acceptors (Lipinski definition) is 5. The molecule has 1 amide bonds. The van der Waals surface area contributed by atoms with E-state index in [1.807, 2.05) is 26.0 Å². The Morgan fingerprint density at radius 3 is 2.54 bits per heavy atom. The molecular weight excluding hydrogens is 334 g/mol. The van der Waals surface area contributed by atoms with Crippen molar-refractivity contribution in [2.75, 3.05) is 13.1 Å². The molecule has 1 aromatic rings. The minimum atomic E-state index is -1.08. The molecule has 140 valence electrons. The molecule has 0 saturated carbocycles. The lowest BCUT2D eigenvalue weighted by molar-refractivity contribution is -0.163. The van der Waals surface area contributed by atoms with E-state index in [0.717, 1.165) is 17.7 Å². The fraction of sp³-hybridized carbons (Fsp3) is 0.526. The van der Waals surface area contributed by atoms with Crippen LogP contribution in [0, 0.1) is 11.8 Å². The predicted molar refractivity (Wildman–Crippen MR) is 94.8 cm³/mol. The van der Waals surface area contributed by atoms with Gasteiger partial charge in [0.25, 0.3) is 0 Å². The minimum Gasteiger partial charge on any atom is -0.477 e. The lowest BCUT2D eigenvalue weighted by Gasteiger charge is -2.46. The van der Waals surface area contributed by atoms with Gasteiger partial charge in [-0.3, -0.25) is 14.7 Å². The van der Waals surface area contributed by atoms with Crippen LogP contribution in [0.3, 0.4) is 0 Å². The Kier molecular flexibility index (Phi) is 5.11. The molecule has 0 bridgehead atoms. The second-order valence-electron chi connectivity index (χ2n) is 7.09. The molecule has 2 aliphatic heterocycles. The molecule has 1 fully saturated rings. The SMILES string of the molecule is CCN(CC1=C(C(=O)O)N2C(=O)[C@H]([C@@H](C)O)C2[C@H]1C)Cc1ccncc1. The average molecular weight is 359 g/mol. The van der Waals surface area contributed by atoms with Crippen molar-refractivity contribution >= 4 is 11.9 Å². The highest BCUT2D eigenvalue weighted by molar-refractivity contribution is 6.00. The number of fused-ring (bicyclic) bond motifs is 1. The van der Waals surface area contributed by atoms with Crippen LogP contribution in [0.2, 0.25) is 0 Å². The second kappa shape index (κ2) is 7.17. The highest BCUT2D eigenvalue weighted by atomic mass is 16.4. The summed E-state index contributed by atoms with van der Waals surface area (Å²) in [6.07, 6.45) is 2.70. The van der Waals surface area contributed by atoms with Gasteiger partial charge in [0.05, 0.1) is 18.1 Å². The first kappa shape index (κ1) is 18.5. The van der Waals surface area contributed by atoms with Gasteiger partial charge >= 0.3 is 5.97 Å². The smallest absolute Gasteiger partial charge is 0.352 e. The maximum absolute atomic E-state index is 12.4. The zero-order valence-electron chi connectivity index (χ0n) is 15.3. The molecule has 7 nitrogen and oxygen atoms in total. The maximum Gasteiger partial charge on any atom is 0.352 e. The molecule has 0 radical (unpaired) electrons. The summed E-state index contributed by atoms with van der Waals surface area (Å²) in [7, 11) is 0.